The Labute approximate surface area is 153 Å². The maximum Gasteiger partial charge on any atom is 0.274 e. The van der Waals surface area contributed by atoms with Gasteiger partial charge in [-0.05, 0) is 18.2 Å². The molecular formula is C15H14FN2O6S2-. The van der Waals surface area contributed by atoms with Crippen molar-refractivity contribution in [2.45, 2.75) is 11.3 Å². The van der Waals surface area contributed by atoms with Gasteiger partial charge in [-0.2, -0.15) is 4.99 Å². The monoisotopic (exact) mass is 401 g/mol. The summed E-state index contributed by atoms with van der Waals surface area (Å²) in [5.41, 5.74) is 0.393. The zero-order valence-electron chi connectivity index (χ0n) is 13.3. The van der Waals surface area contributed by atoms with Crippen molar-refractivity contribution in [2.24, 2.45) is 4.99 Å². The Hall–Kier alpha value is -1.98. The van der Waals surface area contributed by atoms with Crippen LogP contribution in [-0.2, 0) is 24.2 Å². The van der Waals surface area contributed by atoms with E-state index >= 15 is 0 Å². The molecule has 2 aliphatic heterocycles. The average molecular weight is 401 g/mol. The number of halogens is 1. The van der Waals surface area contributed by atoms with Crippen LogP contribution in [0.25, 0.3) is 0 Å². The molecule has 1 aromatic rings. The first-order valence-electron chi connectivity index (χ1n) is 7.56. The number of rotatable bonds is 5. The highest BCUT2D eigenvalue weighted by molar-refractivity contribution is 8.16. The van der Waals surface area contributed by atoms with E-state index < -0.39 is 46.8 Å². The predicted molar refractivity (Wildman–Crippen MR) is 91.0 cm³/mol. The van der Waals surface area contributed by atoms with Gasteiger partial charge < -0.3 is 19.5 Å². The standard InChI is InChI=1S/C15H15FN2O6S2/c16-9-2-1-3-10(4-9)18-11-7-26(22,23)8-12(11)25-15(18)17-13(19)5-24-6-14(20)21/h1-4,11-12H,5-8H2,(H,20,21)/p-1/t11-,12-/m1/s1. The lowest BCUT2D eigenvalue weighted by atomic mass is 10.2. The van der Waals surface area contributed by atoms with Crippen molar-refractivity contribution in [1.82, 2.24) is 0 Å². The molecular weight excluding hydrogens is 387 g/mol. The van der Waals surface area contributed by atoms with Gasteiger partial charge in [0.25, 0.3) is 5.91 Å². The van der Waals surface area contributed by atoms with E-state index in [-0.39, 0.29) is 21.9 Å². The molecule has 140 valence electrons. The molecule has 2 atom stereocenters. The number of carboxylic acid groups (broad SMARTS) is 1. The molecule has 11 heteroatoms. The number of fused-ring (bicyclic) bond motifs is 1. The number of anilines is 1. The van der Waals surface area contributed by atoms with Crippen LogP contribution >= 0.6 is 11.8 Å². The lowest BCUT2D eigenvalue weighted by Gasteiger charge is -2.24. The van der Waals surface area contributed by atoms with Gasteiger partial charge in [-0.3, -0.25) is 4.79 Å². The number of ether oxygens (including phenoxy) is 1. The summed E-state index contributed by atoms with van der Waals surface area (Å²) in [5.74, 6) is -2.85. The highest BCUT2D eigenvalue weighted by Crippen LogP contribution is 2.41. The molecule has 0 aromatic heterocycles. The van der Waals surface area contributed by atoms with Gasteiger partial charge in [-0.25, -0.2) is 12.8 Å². The molecule has 0 N–H and O–H groups in total. The van der Waals surface area contributed by atoms with Crippen LogP contribution in [-0.4, -0.2) is 61.5 Å². The van der Waals surface area contributed by atoms with Gasteiger partial charge in [0.1, 0.15) is 12.4 Å². The predicted octanol–water partition coefficient (Wildman–Crippen LogP) is -0.806. The number of carbonyl (C=O) groups excluding carboxylic acids is 2. The zero-order valence-corrected chi connectivity index (χ0v) is 15.0. The van der Waals surface area contributed by atoms with E-state index in [1.807, 2.05) is 0 Å². The normalized spacial score (nSPS) is 25.4. The van der Waals surface area contributed by atoms with E-state index in [0.717, 1.165) is 11.8 Å². The van der Waals surface area contributed by atoms with Crippen LogP contribution in [0.1, 0.15) is 0 Å². The molecule has 8 nitrogen and oxygen atoms in total. The van der Waals surface area contributed by atoms with Crippen molar-refractivity contribution in [2.75, 3.05) is 29.6 Å². The summed E-state index contributed by atoms with van der Waals surface area (Å²) >= 11 is 1.13. The summed E-state index contributed by atoms with van der Waals surface area (Å²) in [6.07, 6.45) is 0. The second-order valence-electron chi connectivity index (χ2n) is 5.80. The van der Waals surface area contributed by atoms with E-state index in [2.05, 4.69) is 9.73 Å². The average Bonchev–Trinajstić information content (AvgIpc) is 2.97. The molecule has 0 radical (unpaired) electrons. The van der Waals surface area contributed by atoms with Crippen LogP contribution in [0.5, 0.6) is 0 Å². The third-order valence-electron chi connectivity index (χ3n) is 3.82. The minimum Gasteiger partial charge on any atom is -0.548 e. The molecule has 2 heterocycles. The number of aliphatic imine (C=N–C) groups is 1. The van der Waals surface area contributed by atoms with Gasteiger partial charge in [0.15, 0.2) is 15.0 Å². The summed E-state index contributed by atoms with van der Waals surface area (Å²) in [4.78, 5) is 27.7. The second kappa shape index (κ2) is 7.33. The van der Waals surface area contributed by atoms with E-state index in [1.165, 1.54) is 18.2 Å². The number of benzene rings is 1. The first kappa shape index (κ1) is 18.8. The van der Waals surface area contributed by atoms with Crippen molar-refractivity contribution in [3.63, 3.8) is 0 Å². The van der Waals surface area contributed by atoms with Crippen LogP contribution in [0.3, 0.4) is 0 Å². The van der Waals surface area contributed by atoms with Gasteiger partial charge in [-0.1, -0.05) is 17.8 Å². The minimum atomic E-state index is -3.23. The largest absolute Gasteiger partial charge is 0.548 e. The molecule has 1 aromatic carbocycles. The van der Waals surface area contributed by atoms with E-state index in [0.29, 0.717) is 5.69 Å². The fraction of sp³-hybridized carbons (Fsp3) is 0.400. The molecule has 26 heavy (non-hydrogen) atoms. The maximum atomic E-state index is 13.6. The molecule has 0 spiro atoms. The van der Waals surface area contributed by atoms with Crippen molar-refractivity contribution >= 4 is 44.3 Å². The van der Waals surface area contributed by atoms with Gasteiger partial charge in [0.2, 0.25) is 0 Å². The minimum absolute atomic E-state index is 0.0530. The SMILES string of the molecule is O=C([O-])COCC(=O)N=C1S[C@@H]2CS(=O)(=O)C[C@H]2N1c1cccc(F)c1. The number of amides is 1. The molecule has 2 aliphatic rings. The van der Waals surface area contributed by atoms with Crippen LogP contribution < -0.4 is 10.0 Å². The van der Waals surface area contributed by atoms with E-state index in [1.54, 1.807) is 11.0 Å². The highest BCUT2D eigenvalue weighted by atomic mass is 32.2. The lowest BCUT2D eigenvalue weighted by Crippen LogP contribution is -2.38. The topological polar surface area (TPSA) is 116 Å². The molecule has 0 saturated carbocycles. The Morgan fingerprint density at radius 3 is 2.81 bits per heavy atom. The third kappa shape index (κ3) is 4.22. The summed E-state index contributed by atoms with van der Waals surface area (Å²) in [7, 11) is -3.23. The Balaban J connectivity index is 1.85. The molecule has 0 aliphatic carbocycles. The third-order valence-corrected chi connectivity index (χ3v) is 7.03. The number of thioether (sulfide) groups is 1. The zero-order chi connectivity index (χ0) is 18.9. The number of amidine groups is 1. The molecule has 0 bridgehead atoms. The smallest absolute Gasteiger partial charge is 0.274 e. The Kier molecular flexibility index (Phi) is 5.30. The summed E-state index contributed by atoms with van der Waals surface area (Å²) < 4.78 is 42.1. The number of sulfone groups is 1. The number of aliphatic carboxylic acids is 1. The molecule has 1 amide bonds. The van der Waals surface area contributed by atoms with Crippen molar-refractivity contribution < 1.29 is 32.2 Å². The Bertz CT molecular complexity index is 873. The number of nitrogens with zero attached hydrogens (tertiary/aromatic N) is 2. The van der Waals surface area contributed by atoms with Crippen LogP contribution in [0.15, 0.2) is 29.3 Å². The summed E-state index contributed by atoms with van der Waals surface area (Å²) in [6, 6.07) is 5.12. The number of carbonyl (C=O) groups is 2. The summed E-state index contributed by atoms with van der Waals surface area (Å²) in [6.45, 7) is -1.29. The van der Waals surface area contributed by atoms with Crippen molar-refractivity contribution in [3.05, 3.63) is 30.1 Å². The quantitative estimate of drug-likeness (QED) is 0.629. The molecule has 0 unspecified atom stereocenters. The van der Waals surface area contributed by atoms with Crippen LogP contribution in [0, 0.1) is 5.82 Å². The molecule has 2 fully saturated rings. The van der Waals surface area contributed by atoms with Gasteiger partial charge >= 0.3 is 0 Å². The first-order chi connectivity index (χ1) is 12.2. The number of hydrogen-bond acceptors (Lipinski definition) is 7. The number of hydrogen-bond donors (Lipinski definition) is 0. The first-order valence-corrected chi connectivity index (χ1v) is 10.3. The highest BCUT2D eigenvalue weighted by Gasteiger charge is 2.49. The second-order valence-corrected chi connectivity index (χ2v) is 9.16. The van der Waals surface area contributed by atoms with Gasteiger partial charge in [0, 0.05) is 10.9 Å². The maximum absolute atomic E-state index is 13.6. The van der Waals surface area contributed by atoms with Gasteiger partial charge in [-0.15, -0.1) is 0 Å². The Morgan fingerprint density at radius 1 is 1.35 bits per heavy atom. The molecule has 2 saturated heterocycles. The van der Waals surface area contributed by atoms with Crippen molar-refractivity contribution in [1.29, 1.82) is 0 Å². The molecule has 3 rings (SSSR count). The lowest BCUT2D eigenvalue weighted by molar-refractivity contribution is -0.309. The van der Waals surface area contributed by atoms with E-state index in [4.69, 9.17) is 0 Å². The Morgan fingerprint density at radius 2 is 2.12 bits per heavy atom. The number of carboxylic acids is 1. The van der Waals surface area contributed by atoms with Crippen LogP contribution in [0.2, 0.25) is 0 Å². The summed E-state index contributed by atoms with van der Waals surface area (Å²) in [5, 5.41) is 10.2. The van der Waals surface area contributed by atoms with Gasteiger partial charge in [0.05, 0.1) is 30.1 Å². The fourth-order valence-electron chi connectivity index (χ4n) is 2.85. The van der Waals surface area contributed by atoms with Crippen LogP contribution in [0.4, 0.5) is 10.1 Å². The van der Waals surface area contributed by atoms with Crippen molar-refractivity contribution in [3.8, 4) is 0 Å². The van der Waals surface area contributed by atoms with E-state index in [9.17, 15) is 27.5 Å². The fourth-order valence-corrected chi connectivity index (χ4v) is 6.78.